The van der Waals surface area contributed by atoms with Crippen LogP contribution in [0.15, 0.2) is 24.3 Å². The van der Waals surface area contributed by atoms with Gasteiger partial charge in [0.2, 0.25) is 0 Å². The lowest BCUT2D eigenvalue weighted by Gasteiger charge is -2.17. The monoisotopic (exact) mass is 378 g/mol. The molecule has 0 radical (unpaired) electrons. The Hall–Kier alpha value is -3.10. The van der Waals surface area contributed by atoms with Crippen molar-refractivity contribution in [1.82, 2.24) is 4.90 Å². The minimum absolute atomic E-state index is 0.0616. The van der Waals surface area contributed by atoms with Gasteiger partial charge in [-0.2, -0.15) is 0 Å². The van der Waals surface area contributed by atoms with Crippen molar-refractivity contribution in [3.8, 4) is 11.5 Å². The maximum absolute atomic E-state index is 12.7. The van der Waals surface area contributed by atoms with Gasteiger partial charge in [-0.3, -0.25) is 19.7 Å². The molecule has 146 valence electrons. The molecule has 1 heterocycles. The van der Waals surface area contributed by atoms with Gasteiger partial charge in [0.15, 0.2) is 11.5 Å². The van der Waals surface area contributed by atoms with Crippen LogP contribution in [0.1, 0.15) is 29.6 Å². The molecule has 0 saturated carbocycles. The number of hydrogen-bond donors (Lipinski definition) is 0. The van der Waals surface area contributed by atoms with E-state index in [9.17, 15) is 19.7 Å². The maximum atomic E-state index is 12.7. The summed E-state index contributed by atoms with van der Waals surface area (Å²) in [5.41, 5.74) is 0.485. The SMILES string of the molecule is C=C1CCN(C(=O)c2cc(OC)c(OCCCC(=O)OC)cc2[N+](=O)[O-])C1. The Labute approximate surface area is 156 Å². The molecule has 1 aromatic carbocycles. The van der Waals surface area contributed by atoms with E-state index in [1.54, 1.807) is 0 Å². The Morgan fingerprint density at radius 3 is 2.59 bits per heavy atom. The van der Waals surface area contributed by atoms with Crippen LogP contribution in [-0.4, -0.2) is 55.6 Å². The number of nitrogens with zero attached hydrogens (tertiary/aromatic N) is 2. The lowest BCUT2D eigenvalue weighted by atomic mass is 10.1. The Bertz CT molecular complexity index is 760. The predicted octanol–water partition coefficient (Wildman–Crippen LogP) is 2.34. The van der Waals surface area contributed by atoms with E-state index in [0.29, 0.717) is 25.9 Å². The minimum atomic E-state index is -0.626. The van der Waals surface area contributed by atoms with E-state index in [2.05, 4.69) is 11.3 Å². The topological polar surface area (TPSA) is 108 Å². The van der Waals surface area contributed by atoms with Crippen molar-refractivity contribution < 1.29 is 28.7 Å². The quantitative estimate of drug-likeness (QED) is 0.225. The number of nitro groups is 1. The molecule has 9 heteroatoms. The largest absolute Gasteiger partial charge is 0.493 e. The number of esters is 1. The second-order valence-corrected chi connectivity index (χ2v) is 6.03. The van der Waals surface area contributed by atoms with Gasteiger partial charge in [-0.1, -0.05) is 12.2 Å². The molecule has 1 amide bonds. The van der Waals surface area contributed by atoms with Gasteiger partial charge in [-0.05, 0) is 12.8 Å². The second-order valence-electron chi connectivity index (χ2n) is 6.03. The first-order valence-corrected chi connectivity index (χ1v) is 8.39. The standard InChI is InChI=1S/C18H22N2O7/c1-12-6-7-19(11-12)18(22)13-9-15(25-2)16(10-14(13)20(23)24)27-8-4-5-17(21)26-3/h9-10H,1,4-8,11H2,2-3H3. The van der Waals surface area contributed by atoms with Crippen molar-refractivity contribution >= 4 is 17.6 Å². The zero-order valence-corrected chi connectivity index (χ0v) is 15.4. The third-order valence-corrected chi connectivity index (χ3v) is 4.16. The summed E-state index contributed by atoms with van der Waals surface area (Å²) >= 11 is 0. The molecule has 0 unspecified atom stereocenters. The summed E-state index contributed by atoms with van der Waals surface area (Å²) in [5.74, 6) is -0.475. The highest BCUT2D eigenvalue weighted by molar-refractivity contribution is 5.99. The van der Waals surface area contributed by atoms with Crippen LogP contribution < -0.4 is 9.47 Å². The molecule has 1 aromatic rings. The molecule has 0 spiro atoms. The Morgan fingerprint density at radius 2 is 2.04 bits per heavy atom. The second kappa shape index (κ2) is 9.02. The molecule has 0 bridgehead atoms. The zero-order chi connectivity index (χ0) is 20.0. The van der Waals surface area contributed by atoms with Crippen LogP contribution in [0.4, 0.5) is 5.69 Å². The molecule has 9 nitrogen and oxygen atoms in total. The fourth-order valence-corrected chi connectivity index (χ4v) is 2.71. The number of likely N-dealkylation sites (tertiary alicyclic amines) is 1. The summed E-state index contributed by atoms with van der Waals surface area (Å²) in [7, 11) is 2.68. The number of hydrogen-bond acceptors (Lipinski definition) is 7. The van der Waals surface area contributed by atoms with E-state index in [0.717, 1.165) is 5.57 Å². The van der Waals surface area contributed by atoms with Crippen LogP contribution >= 0.6 is 0 Å². The summed E-state index contributed by atoms with van der Waals surface area (Å²) in [5, 5.41) is 11.5. The van der Waals surface area contributed by atoms with Gasteiger partial charge in [0.1, 0.15) is 5.56 Å². The third-order valence-electron chi connectivity index (χ3n) is 4.16. The van der Waals surface area contributed by atoms with Gasteiger partial charge < -0.3 is 19.1 Å². The van der Waals surface area contributed by atoms with Gasteiger partial charge in [-0.25, -0.2) is 0 Å². The van der Waals surface area contributed by atoms with Crippen molar-refractivity contribution in [2.45, 2.75) is 19.3 Å². The number of amides is 1. The van der Waals surface area contributed by atoms with E-state index >= 15 is 0 Å². The number of carbonyl (C=O) groups excluding carboxylic acids is 2. The average Bonchev–Trinajstić information content (AvgIpc) is 3.09. The predicted molar refractivity (Wildman–Crippen MR) is 96.1 cm³/mol. The lowest BCUT2D eigenvalue weighted by Crippen LogP contribution is -2.28. The molecule has 1 saturated heterocycles. The summed E-state index contributed by atoms with van der Waals surface area (Å²) in [6.07, 6.45) is 1.22. The van der Waals surface area contributed by atoms with Gasteiger partial charge in [-0.15, -0.1) is 0 Å². The van der Waals surface area contributed by atoms with E-state index in [-0.39, 0.29) is 41.7 Å². The van der Waals surface area contributed by atoms with Gasteiger partial charge in [0, 0.05) is 25.6 Å². The van der Waals surface area contributed by atoms with Crippen LogP contribution in [0.2, 0.25) is 0 Å². The molecular weight excluding hydrogens is 356 g/mol. The normalized spacial score (nSPS) is 13.4. The van der Waals surface area contributed by atoms with Crippen molar-refractivity contribution in [2.75, 3.05) is 33.9 Å². The Morgan fingerprint density at radius 1 is 1.30 bits per heavy atom. The number of rotatable bonds is 8. The maximum Gasteiger partial charge on any atom is 0.305 e. The molecule has 2 rings (SSSR count). The van der Waals surface area contributed by atoms with Crippen LogP contribution in [0, 0.1) is 10.1 Å². The first-order valence-electron chi connectivity index (χ1n) is 8.39. The molecule has 27 heavy (non-hydrogen) atoms. The fourth-order valence-electron chi connectivity index (χ4n) is 2.71. The first-order chi connectivity index (χ1) is 12.9. The van der Waals surface area contributed by atoms with Crippen LogP contribution in [0.5, 0.6) is 11.5 Å². The van der Waals surface area contributed by atoms with Gasteiger partial charge in [0.05, 0.1) is 31.8 Å². The van der Waals surface area contributed by atoms with Gasteiger partial charge >= 0.3 is 5.97 Å². The zero-order valence-electron chi connectivity index (χ0n) is 15.4. The molecular formula is C18H22N2O7. The highest BCUT2D eigenvalue weighted by atomic mass is 16.6. The van der Waals surface area contributed by atoms with E-state index < -0.39 is 10.8 Å². The van der Waals surface area contributed by atoms with Crippen molar-refractivity contribution in [1.29, 1.82) is 0 Å². The Balaban J connectivity index is 2.23. The fraction of sp³-hybridized carbons (Fsp3) is 0.444. The number of methoxy groups -OCH3 is 2. The summed E-state index contributed by atoms with van der Waals surface area (Å²) < 4.78 is 15.3. The molecule has 1 aliphatic heterocycles. The Kier molecular flexibility index (Phi) is 6.75. The van der Waals surface area contributed by atoms with Crippen LogP contribution in [0.3, 0.4) is 0 Å². The van der Waals surface area contributed by atoms with E-state index in [1.165, 1.54) is 31.3 Å². The molecule has 1 fully saturated rings. The number of carbonyl (C=O) groups is 2. The van der Waals surface area contributed by atoms with Crippen molar-refractivity contribution in [3.63, 3.8) is 0 Å². The number of benzene rings is 1. The third kappa shape index (κ3) is 4.96. The average molecular weight is 378 g/mol. The van der Waals surface area contributed by atoms with Crippen molar-refractivity contribution in [3.05, 3.63) is 40.0 Å². The first kappa shape index (κ1) is 20.2. The van der Waals surface area contributed by atoms with Crippen LogP contribution in [-0.2, 0) is 9.53 Å². The molecule has 0 N–H and O–H groups in total. The van der Waals surface area contributed by atoms with Gasteiger partial charge in [0.25, 0.3) is 11.6 Å². The van der Waals surface area contributed by atoms with E-state index in [4.69, 9.17) is 9.47 Å². The van der Waals surface area contributed by atoms with E-state index in [1.807, 2.05) is 0 Å². The summed E-state index contributed by atoms with van der Waals surface area (Å²) in [6, 6.07) is 2.49. The minimum Gasteiger partial charge on any atom is -0.493 e. The molecule has 0 aliphatic carbocycles. The van der Waals surface area contributed by atoms with Crippen molar-refractivity contribution in [2.24, 2.45) is 0 Å². The van der Waals surface area contributed by atoms with Crippen LogP contribution in [0.25, 0.3) is 0 Å². The highest BCUT2D eigenvalue weighted by Crippen LogP contribution is 2.36. The number of nitro benzene ring substituents is 1. The lowest BCUT2D eigenvalue weighted by molar-refractivity contribution is -0.385. The molecule has 0 atom stereocenters. The molecule has 0 aromatic heterocycles. The smallest absolute Gasteiger partial charge is 0.305 e. The summed E-state index contributed by atoms with van der Waals surface area (Å²) in [4.78, 5) is 36.2. The molecule has 1 aliphatic rings. The summed E-state index contributed by atoms with van der Waals surface area (Å²) in [6.45, 7) is 4.84. The highest BCUT2D eigenvalue weighted by Gasteiger charge is 2.30. The number of ether oxygens (including phenoxy) is 3.